The van der Waals surface area contributed by atoms with Gasteiger partial charge >= 0.3 is 0 Å². The number of rotatable bonds is 6. The van der Waals surface area contributed by atoms with Crippen molar-refractivity contribution >= 4 is 34.9 Å². The van der Waals surface area contributed by atoms with Crippen LogP contribution in [0.5, 0.6) is 5.88 Å². The normalized spacial score (nSPS) is 21.8. The van der Waals surface area contributed by atoms with E-state index in [2.05, 4.69) is 27.9 Å². The standard InChI is InChI=1S/C29H29Cl2N5O2/c1-29(19-38-27-9-7-24(31)16-34-27)18-36(17-25(29)21-3-5-23(30)6-4-21)28(37)22-10-12-35(13-11-22)26-8-2-20(14-32)15-33-26/h2-9,15-16,22,25H,10-13,17-19H2,1H3. The Kier molecular flexibility index (Phi) is 7.73. The largest absolute Gasteiger partial charge is 0.477 e. The molecule has 2 atom stereocenters. The fraction of sp³-hybridized carbons (Fsp3) is 0.379. The van der Waals surface area contributed by atoms with Crippen molar-refractivity contribution < 1.29 is 9.53 Å². The van der Waals surface area contributed by atoms with Gasteiger partial charge in [-0.3, -0.25) is 4.79 Å². The van der Waals surface area contributed by atoms with Crippen LogP contribution in [0, 0.1) is 22.7 Å². The molecular weight excluding hydrogens is 521 g/mol. The molecule has 2 fully saturated rings. The molecule has 0 radical (unpaired) electrons. The summed E-state index contributed by atoms with van der Waals surface area (Å²) < 4.78 is 6.11. The van der Waals surface area contributed by atoms with Gasteiger partial charge in [0.25, 0.3) is 0 Å². The van der Waals surface area contributed by atoms with E-state index in [0.29, 0.717) is 41.2 Å². The van der Waals surface area contributed by atoms with Crippen LogP contribution in [-0.4, -0.2) is 53.6 Å². The molecule has 0 spiro atoms. The topological polar surface area (TPSA) is 82.4 Å². The summed E-state index contributed by atoms with van der Waals surface area (Å²) in [6, 6.07) is 17.2. The molecule has 7 nitrogen and oxygen atoms in total. The fourth-order valence-corrected chi connectivity index (χ4v) is 5.75. The van der Waals surface area contributed by atoms with Gasteiger partial charge in [0.05, 0.1) is 17.2 Å². The molecule has 5 rings (SSSR count). The number of ether oxygens (including phenoxy) is 1. The van der Waals surface area contributed by atoms with E-state index >= 15 is 0 Å². The van der Waals surface area contributed by atoms with Crippen LogP contribution in [0.15, 0.2) is 60.9 Å². The number of hydrogen-bond donors (Lipinski definition) is 0. The maximum absolute atomic E-state index is 13.7. The van der Waals surface area contributed by atoms with E-state index in [1.165, 1.54) is 0 Å². The smallest absolute Gasteiger partial charge is 0.225 e. The highest BCUT2D eigenvalue weighted by Crippen LogP contribution is 2.44. The SMILES string of the molecule is CC1(COc2ccc(Cl)cn2)CN(C(=O)C2CCN(c3ccc(C#N)cn3)CC2)CC1c1ccc(Cl)cc1. The third-order valence-electron chi connectivity index (χ3n) is 7.68. The van der Waals surface area contributed by atoms with Crippen molar-refractivity contribution in [1.82, 2.24) is 14.9 Å². The molecule has 2 aliphatic rings. The Labute approximate surface area is 233 Å². The van der Waals surface area contributed by atoms with Gasteiger partial charge in [-0.05, 0) is 48.7 Å². The Morgan fingerprint density at radius 2 is 1.79 bits per heavy atom. The van der Waals surface area contributed by atoms with Crippen molar-refractivity contribution in [1.29, 1.82) is 5.26 Å². The molecule has 1 amide bonds. The molecule has 2 aliphatic heterocycles. The van der Waals surface area contributed by atoms with Crippen molar-refractivity contribution in [2.24, 2.45) is 11.3 Å². The lowest BCUT2D eigenvalue weighted by Crippen LogP contribution is -2.43. The maximum Gasteiger partial charge on any atom is 0.225 e. The summed E-state index contributed by atoms with van der Waals surface area (Å²) in [7, 11) is 0. The number of carbonyl (C=O) groups is 1. The monoisotopic (exact) mass is 549 g/mol. The van der Waals surface area contributed by atoms with E-state index in [1.54, 1.807) is 30.6 Å². The van der Waals surface area contributed by atoms with Crippen molar-refractivity contribution in [3.63, 3.8) is 0 Å². The molecule has 0 saturated carbocycles. The molecule has 0 N–H and O–H groups in total. The van der Waals surface area contributed by atoms with Gasteiger partial charge in [-0.15, -0.1) is 0 Å². The van der Waals surface area contributed by atoms with E-state index < -0.39 is 0 Å². The highest BCUT2D eigenvalue weighted by Gasteiger charge is 2.47. The van der Waals surface area contributed by atoms with Gasteiger partial charge in [0.1, 0.15) is 11.9 Å². The van der Waals surface area contributed by atoms with Crippen LogP contribution in [0.4, 0.5) is 5.82 Å². The van der Waals surface area contributed by atoms with E-state index in [0.717, 1.165) is 37.3 Å². The number of likely N-dealkylation sites (tertiary alicyclic amines) is 1. The van der Waals surface area contributed by atoms with Gasteiger partial charge in [-0.25, -0.2) is 9.97 Å². The number of nitriles is 1. The lowest BCUT2D eigenvalue weighted by atomic mass is 9.77. The van der Waals surface area contributed by atoms with E-state index in [1.807, 2.05) is 35.2 Å². The first-order valence-corrected chi connectivity index (χ1v) is 13.5. The third kappa shape index (κ3) is 5.72. The summed E-state index contributed by atoms with van der Waals surface area (Å²) >= 11 is 12.1. The lowest BCUT2D eigenvalue weighted by Gasteiger charge is -2.34. The number of amides is 1. The molecule has 0 bridgehead atoms. The number of benzene rings is 1. The van der Waals surface area contributed by atoms with Crippen molar-refractivity contribution in [3.8, 4) is 11.9 Å². The second kappa shape index (κ2) is 11.2. The fourth-order valence-electron chi connectivity index (χ4n) is 5.51. The summed E-state index contributed by atoms with van der Waals surface area (Å²) in [6.07, 6.45) is 4.70. The Morgan fingerprint density at radius 3 is 2.42 bits per heavy atom. The predicted octanol–water partition coefficient (Wildman–Crippen LogP) is 5.58. The van der Waals surface area contributed by atoms with Gasteiger partial charge in [-0.2, -0.15) is 5.26 Å². The van der Waals surface area contributed by atoms with Crippen molar-refractivity contribution in [2.75, 3.05) is 37.7 Å². The number of carbonyl (C=O) groups excluding carboxylic acids is 1. The predicted molar refractivity (Wildman–Crippen MR) is 148 cm³/mol. The van der Waals surface area contributed by atoms with Crippen LogP contribution in [0.1, 0.15) is 36.8 Å². The van der Waals surface area contributed by atoms with Crippen LogP contribution in [0.3, 0.4) is 0 Å². The van der Waals surface area contributed by atoms with Crippen LogP contribution < -0.4 is 9.64 Å². The molecule has 4 heterocycles. The average Bonchev–Trinajstić information content (AvgIpc) is 3.30. The molecule has 2 saturated heterocycles. The second-order valence-electron chi connectivity index (χ2n) is 10.4. The minimum atomic E-state index is -0.308. The molecule has 1 aromatic carbocycles. The summed E-state index contributed by atoms with van der Waals surface area (Å²) in [4.78, 5) is 26.6. The first kappa shape index (κ1) is 26.3. The van der Waals surface area contributed by atoms with Gasteiger partial charge in [0.2, 0.25) is 11.8 Å². The van der Waals surface area contributed by atoms with Crippen LogP contribution in [0.2, 0.25) is 10.0 Å². The average molecular weight is 550 g/mol. The van der Waals surface area contributed by atoms with E-state index in [9.17, 15) is 4.79 Å². The lowest BCUT2D eigenvalue weighted by molar-refractivity contribution is -0.135. The number of piperidine rings is 1. The van der Waals surface area contributed by atoms with Gasteiger partial charge in [0, 0.05) is 66.9 Å². The molecule has 2 aromatic heterocycles. The van der Waals surface area contributed by atoms with Gasteiger partial charge < -0.3 is 14.5 Å². The molecule has 196 valence electrons. The van der Waals surface area contributed by atoms with E-state index in [-0.39, 0.29) is 23.2 Å². The Hall–Kier alpha value is -3.34. The first-order valence-electron chi connectivity index (χ1n) is 12.7. The number of anilines is 1. The highest BCUT2D eigenvalue weighted by atomic mass is 35.5. The van der Waals surface area contributed by atoms with Gasteiger partial charge in [-0.1, -0.05) is 42.3 Å². The van der Waals surface area contributed by atoms with Crippen LogP contribution >= 0.6 is 23.2 Å². The minimum absolute atomic E-state index is 0.0308. The summed E-state index contributed by atoms with van der Waals surface area (Å²) in [5.74, 6) is 1.62. The summed E-state index contributed by atoms with van der Waals surface area (Å²) in [5.41, 5.74) is 1.38. The van der Waals surface area contributed by atoms with Gasteiger partial charge in [0.15, 0.2) is 0 Å². The molecule has 0 aliphatic carbocycles. The number of halogens is 2. The number of aromatic nitrogens is 2. The van der Waals surface area contributed by atoms with Crippen molar-refractivity contribution in [3.05, 3.63) is 82.1 Å². The Morgan fingerprint density at radius 1 is 1.05 bits per heavy atom. The number of pyridine rings is 2. The zero-order valence-electron chi connectivity index (χ0n) is 21.2. The summed E-state index contributed by atoms with van der Waals surface area (Å²) in [5, 5.41) is 10.3. The first-order chi connectivity index (χ1) is 18.3. The maximum atomic E-state index is 13.7. The number of hydrogen-bond acceptors (Lipinski definition) is 6. The zero-order chi connectivity index (χ0) is 26.7. The molecule has 2 unspecified atom stereocenters. The Balaban J connectivity index is 1.27. The quantitative estimate of drug-likeness (QED) is 0.399. The highest BCUT2D eigenvalue weighted by molar-refractivity contribution is 6.30. The minimum Gasteiger partial charge on any atom is -0.477 e. The molecule has 3 aromatic rings. The molecule has 9 heteroatoms. The van der Waals surface area contributed by atoms with Crippen LogP contribution in [0.25, 0.3) is 0 Å². The van der Waals surface area contributed by atoms with Crippen LogP contribution in [-0.2, 0) is 4.79 Å². The molecule has 38 heavy (non-hydrogen) atoms. The third-order valence-corrected chi connectivity index (χ3v) is 8.15. The Bertz CT molecular complexity index is 1300. The summed E-state index contributed by atoms with van der Waals surface area (Å²) in [6.45, 7) is 5.34. The number of nitrogens with zero attached hydrogens (tertiary/aromatic N) is 5. The van der Waals surface area contributed by atoms with Crippen molar-refractivity contribution in [2.45, 2.75) is 25.7 Å². The van der Waals surface area contributed by atoms with E-state index in [4.69, 9.17) is 33.2 Å². The molecular formula is C29H29Cl2N5O2. The second-order valence-corrected chi connectivity index (χ2v) is 11.2. The zero-order valence-corrected chi connectivity index (χ0v) is 22.7.